The van der Waals surface area contributed by atoms with E-state index in [0.29, 0.717) is 19.8 Å². The number of sulfone groups is 1. The van der Waals surface area contributed by atoms with Crippen molar-refractivity contribution in [1.82, 2.24) is 0 Å². The second-order valence-electron chi connectivity index (χ2n) is 4.21. The monoisotopic (exact) mass is 362 g/mol. The highest BCUT2D eigenvalue weighted by atomic mass is 35.5. The molecule has 0 saturated carbocycles. The number of phenols is 1. The summed E-state index contributed by atoms with van der Waals surface area (Å²) in [6.45, 7) is 1.58. The molecule has 112 valence electrons. The van der Waals surface area contributed by atoms with Gasteiger partial charge < -0.3 is 5.11 Å². The third kappa shape index (κ3) is 3.86. The quantitative estimate of drug-likeness (QED) is 0.860. The molecule has 0 fully saturated rings. The van der Waals surface area contributed by atoms with Gasteiger partial charge in [0.2, 0.25) is 0 Å². The molecule has 0 atom stereocenters. The smallest absolute Gasteiger partial charge is 0.178 e. The Morgan fingerprint density at radius 1 is 1.10 bits per heavy atom. The molecule has 0 aliphatic heterocycles. The molecule has 0 aliphatic carbocycles. The Morgan fingerprint density at radius 3 is 2.43 bits per heavy atom. The molecule has 3 nitrogen and oxygen atoms in total. The van der Waals surface area contributed by atoms with Gasteiger partial charge in [0, 0.05) is 9.92 Å². The second kappa shape index (κ2) is 6.48. The van der Waals surface area contributed by atoms with E-state index in [4.69, 9.17) is 23.2 Å². The molecule has 0 aliphatic rings. The van der Waals surface area contributed by atoms with Gasteiger partial charge >= 0.3 is 0 Å². The molecule has 7 heteroatoms. The van der Waals surface area contributed by atoms with E-state index in [1.54, 1.807) is 25.1 Å². The van der Waals surface area contributed by atoms with Crippen LogP contribution in [-0.2, 0) is 9.84 Å². The average molecular weight is 363 g/mol. The summed E-state index contributed by atoms with van der Waals surface area (Å²) in [5.41, 5.74) is 0. The van der Waals surface area contributed by atoms with Crippen molar-refractivity contribution in [3.8, 4) is 5.75 Å². The zero-order valence-corrected chi connectivity index (χ0v) is 14.2. The maximum atomic E-state index is 11.8. The van der Waals surface area contributed by atoms with E-state index in [1.807, 2.05) is 0 Å². The summed E-state index contributed by atoms with van der Waals surface area (Å²) in [4.78, 5) is 1.38. The van der Waals surface area contributed by atoms with E-state index in [-0.39, 0.29) is 16.4 Å². The third-order valence-electron chi connectivity index (χ3n) is 2.78. The molecule has 2 aromatic carbocycles. The molecule has 2 aromatic rings. The van der Waals surface area contributed by atoms with Gasteiger partial charge in [0.15, 0.2) is 9.84 Å². The number of phenolic OH excluding ortho intramolecular Hbond substituents is 1. The minimum absolute atomic E-state index is 0.0187. The maximum absolute atomic E-state index is 11.8. The standard InChI is InChI=1S/C14H12Cl2O3S2/c1-2-21(18,19)10-4-6-13(11(16)8-10)20-14-7-9(15)3-5-12(14)17/h3-8,17H,2H2,1H3. The average Bonchev–Trinajstić information content (AvgIpc) is 2.44. The lowest BCUT2D eigenvalue weighted by Gasteiger charge is -2.08. The molecule has 0 spiro atoms. The van der Waals surface area contributed by atoms with Gasteiger partial charge in [0.1, 0.15) is 5.75 Å². The fourth-order valence-electron chi connectivity index (χ4n) is 1.61. The highest BCUT2D eigenvalue weighted by Gasteiger charge is 2.14. The third-order valence-corrected chi connectivity index (χ3v) is 6.30. The summed E-state index contributed by atoms with van der Waals surface area (Å²) in [6.07, 6.45) is 0. The minimum atomic E-state index is -3.29. The van der Waals surface area contributed by atoms with Crippen molar-refractivity contribution in [2.24, 2.45) is 0 Å². The van der Waals surface area contributed by atoms with Crippen molar-refractivity contribution in [3.05, 3.63) is 46.4 Å². The van der Waals surface area contributed by atoms with E-state index in [0.717, 1.165) is 0 Å². The highest BCUT2D eigenvalue weighted by Crippen LogP contribution is 2.39. The molecular weight excluding hydrogens is 351 g/mol. The lowest BCUT2D eigenvalue weighted by Crippen LogP contribution is -2.03. The summed E-state index contributed by atoms with van der Waals surface area (Å²) in [7, 11) is -3.29. The van der Waals surface area contributed by atoms with Crippen LogP contribution in [0.25, 0.3) is 0 Å². The van der Waals surface area contributed by atoms with Gasteiger partial charge in [0.25, 0.3) is 0 Å². The van der Waals surface area contributed by atoms with Crippen LogP contribution >= 0.6 is 35.0 Å². The van der Waals surface area contributed by atoms with Gasteiger partial charge in [-0.2, -0.15) is 0 Å². The first kappa shape index (κ1) is 16.5. The maximum Gasteiger partial charge on any atom is 0.178 e. The first-order valence-corrected chi connectivity index (χ1v) is 9.24. The van der Waals surface area contributed by atoms with E-state index in [9.17, 15) is 13.5 Å². The van der Waals surface area contributed by atoms with Crippen LogP contribution in [0.4, 0.5) is 0 Å². The number of rotatable bonds is 4. The number of halogens is 2. The summed E-state index contributed by atoms with van der Waals surface area (Å²) in [5, 5.41) is 10.6. The summed E-state index contributed by atoms with van der Waals surface area (Å²) in [5.74, 6) is 0.107. The Morgan fingerprint density at radius 2 is 1.81 bits per heavy atom. The van der Waals surface area contributed by atoms with Crippen LogP contribution in [0.5, 0.6) is 5.75 Å². The van der Waals surface area contributed by atoms with Crippen LogP contribution in [0.1, 0.15) is 6.92 Å². The summed E-state index contributed by atoms with van der Waals surface area (Å²) in [6, 6.07) is 9.25. The summed E-state index contributed by atoms with van der Waals surface area (Å²) < 4.78 is 23.6. The van der Waals surface area contributed by atoms with Crippen molar-refractivity contribution >= 4 is 44.8 Å². The van der Waals surface area contributed by atoms with Gasteiger partial charge in [0.05, 0.1) is 20.6 Å². The van der Waals surface area contributed by atoms with Crippen molar-refractivity contribution < 1.29 is 13.5 Å². The topological polar surface area (TPSA) is 54.4 Å². The largest absolute Gasteiger partial charge is 0.507 e. The van der Waals surface area contributed by atoms with E-state index >= 15 is 0 Å². The van der Waals surface area contributed by atoms with Gasteiger partial charge in [-0.25, -0.2) is 8.42 Å². The highest BCUT2D eigenvalue weighted by molar-refractivity contribution is 7.99. The van der Waals surface area contributed by atoms with E-state index in [2.05, 4.69) is 0 Å². The molecule has 21 heavy (non-hydrogen) atoms. The number of hydrogen-bond acceptors (Lipinski definition) is 4. The Kier molecular flexibility index (Phi) is 5.09. The second-order valence-corrected chi connectivity index (χ2v) is 8.42. The van der Waals surface area contributed by atoms with Gasteiger partial charge in [-0.15, -0.1) is 0 Å². The van der Waals surface area contributed by atoms with Crippen LogP contribution in [0.15, 0.2) is 51.1 Å². The molecule has 0 amide bonds. The zero-order chi connectivity index (χ0) is 15.6. The van der Waals surface area contributed by atoms with Crippen LogP contribution < -0.4 is 0 Å². The van der Waals surface area contributed by atoms with E-state index < -0.39 is 9.84 Å². The van der Waals surface area contributed by atoms with Crippen LogP contribution in [-0.4, -0.2) is 19.3 Å². The summed E-state index contributed by atoms with van der Waals surface area (Å²) >= 11 is 13.2. The van der Waals surface area contributed by atoms with Gasteiger partial charge in [-0.3, -0.25) is 0 Å². The number of aromatic hydroxyl groups is 1. The molecule has 0 bridgehead atoms. The van der Waals surface area contributed by atoms with Crippen molar-refractivity contribution in [3.63, 3.8) is 0 Å². The molecular formula is C14H12Cl2O3S2. The number of hydrogen-bond donors (Lipinski definition) is 1. The van der Waals surface area contributed by atoms with Gasteiger partial charge in [-0.05, 0) is 36.4 Å². The van der Waals surface area contributed by atoms with Crippen molar-refractivity contribution in [2.75, 3.05) is 5.75 Å². The van der Waals surface area contributed by atoms with E-state index in [1.165, 1.54) is 30.0 Å². The molecule has 0 radical (unpaired) electrons. The molecule has 2 rings (SSSR count). The predicted octanol–water partition coefficient (Wildman–Crippen LogP) is 4.64. The molecule has 0 unspecified atom stereocenters. The first-order valence-electron chi connectivity index (χ1n) is 6.02. The first-order chi connectivity index (χ1) is 9.83. The normalized spacial score (nSPS) is 11.6. The van der Waals surface area contributed by atoms with Crippen molar-refractivity contribution in [2.45, 2.75) is 21.6 Å². The Labute approximate surface area is 137 Å². The lowest BCUT2D eigenvalue weighted by atomic mass is 10.3. The Hall–Kier alpha value is -0.880. The fraction of sp³-hybridized carbons (Fsp3) is 0.143. The molecule has 1 N–H and O–H groups in total. The van der Waals surface area contributed by atoms with Crippen LogP contribution in [0.3, 0.4) is 0 Å². The lowest BCUT2D eigenvalue weighted by molar-refractivity contribution is 0.462. The predicted molar refractivity (Wildman–Crippen MR) is 86.4 cm³/mol. The van der Waals surface area contributed by atoms with Crippen LogP contribution in [0, 0.1) is 0 Å². The minimum Gasteiger partial charge on any atom is -0.507 e. The van der Waals surface area contributed by atoms with Crippen molar-refractivity contribution in [1.29, 1.82) is 0 Å². The zero-order valence-electron chi connectivity index (χ0n) is 11.0. The molecule has 0 heterocycles. The number of benzene rings is 2. The van der Waals surface area contributed by atoms with Crippen LogP contribution in [0.2, 0.25) is 10.0 Å². The van der Waals surface area contributed by atoms with Gasteiger partial charge in [-0.1, -0.05) is 41.9 Å². The fourth-order valence-corrected chi connectivity index (χ4v) is 4.00. The molecule has 0 aromatic heterocycles. The SMILES string of the molecule is CCS(=O)(=O)c1ccc(Sc2cc(Cl)ccc2O)c(Cl)c1. The Bertz CT molecular complexity index is 774. The molecule has 0 saturated heterocycles. The Balaban J connectivity index is 2.36.